The third-order valence-corrected chi connectivity index (χ3v) is 7.13. The van der Waals surface area contributed by atoms with Gasteiger partial charge in [0.15, 0.2) is 5.69 Å². The average molecular weight is 497 g/mol. The second kappa shape index (κ2) is 9.66. The standard InChI is InChI=1S/C25H32N6O3S/c1-25(2,33)22-19(13-31(30-22)17-5-7-18(35)8-6-17)28-23(32)20-14-34-24(29-20)16-9-10-26-21(11-16)27-12-15-3-4-15/h9-11,13-15,17-18,33,35H,3-8,12H2,1-2H3,(H,26,27)(H,28,32). The number of carbonyl (C=O) groups excluding carboxylic acids is 1. The quantitative estimate of drug-likeness (QED) is 0.335. The molecule has 35 heavy (non-hydrogen) atoms. The van der Waals surface area contributed by atoms with Crippen LogP contribution < -0.4 is 10.6 Å². The molecule has 2 aliphatic rings. The molecule has 0 bridgehead atoms. The lowest BCUT2D eigenvalue weighted by Crippen LogP contribution is -2.22. The van der Waals surface area contributed by atoms with Crippen LogP contribution in [-0.2, 0) is 5.60 Å². The molecule has 2 saturated carbocycles. The van der Waals surface area contributed by atoms with E-state index in [1.54, 1.807) is 32.3 Å². The molecule has 2 aliphatic carbocycles. The lowest BCUT2D eigenvalue weighted by Gasteiger charge is -2.26. The van der Waals surface area contributed by atoms with E-state index in [9.17, 15) is 9.90 Å². The molecule has 10 heteroatoms. The van der Waals surface area contributed by atoms with Gasteiger partial charge in [-0.1, -0.05) is 0 Å². The van der Waals surface area contributed by atoms with Crippen molar-refractivity contribution in [3.8, 4) is 11.5 Å². The molecule has 186 valence electrons. The molecule has 0 saturated heterocycles. The van der Waals surface area contributed by atoms with Crippen molar-refractivity contribution in [1.82, 2.24) is 19.7 Å². The first-order valence-electron chi connectivity index (χ1n) is 12.2. The molecule has 0 aromatic carbocycles. The number of pyridine rings is 1. The Balaban J connectivity index is 1.31. The van der Waals surface area contributed by atoms with Gasteiger partial charge in [-0.05, 0) is 70.4 Å². The summed E-state index contributed by atoms with van der Waals surface area (Å²) in [7, 11) is 0. The molecule has 2 fully saturated rings. The molecule has 9 nitrogen and oxygen atoms in total. The maximum atomic E-state index is 13.0. The molecular formula is C25H32N6O3S. The van der Waals surface area contributed by atoms with E-state index >= 15 is 0 Å². The summed E-state index contributed by atoms with van der Waals surface area (Å²) in [6, 6.07) is 3.88. The summed E-state index contributed by atoms with van der Waals surface area (Å²) < 4.78 is 7.47. The second-order valence-corrected chi connectivity index (χ2v) is 10.9. The van der Waals surface area contributed by atoms with Crippen LogP contribution in [0.1, 0.15) is 74.6 Å². The molecule has 0 radical (unpaired) electrons. The average Bonchev–Trinajstić information content (AvgIpc) is 3.34. The number of amides is 1. The molecule has 0 aliphatic heterocycles. The normalized spacial score (nSPS) is 20.6. The van der Waals surface area contributed by atoms with E-state index in [4.69, 9.17) is 4.42 Å². The fourth-order valence-electron chi connectivity index (χ4n) is 4.37. The van der Waals surface area contributed by atoms with Gasteiger partial charge in [0.05, 0.1) is 11.7 Å². The summed E-state index contributed by atoms with van der Waals surface area (Å²) in [4.78, 5) is 21.8. The Morgan fingerprint density at radius 2 is 2.03 bits per heavy atom. The summed E-state index contributed by atoms with van der Waals surface area (Å²) in [5, 5.41) is 22.0. The van der Waals surface area contributed by atoms with Gasteiger partial charge in [0.1, 0.15) is 23.4 Å². The lowest BCUT2D eigenvalue weighted by atomic mass is 9.95. The van der Waals surface area contributed by atoms with E-state index in [0.717, 1.165) is 49.5 Å². The monoisotopic (exact) mass is 496 g/mol. The fraction of sp³-hybridized carbons (Fsp3) is 0.520. The van der Waals surface area contributed by atoms with Gasteiger partial charge in [-0.15, -0.1) is 0 Å². The Bertz CT molecular complexity index is 1190. The van der Waals surface area contributed by atoms with Crippen LogP contribution in [0.5, 0.6) is 0 Å². The number of aliphatic hydroxyl groups is 1. The Morgan fingerprint density at radius 3 is 2.74 bits per heavy atom. The third kappa shape index (κ3) is 5.70. The number of thiol groups is 1. The highest BCUT2D eigenvalue weighted by Gasteiger charge is 2.29. The molecular weight excluding hydrogens is 464 g/mol. The maximum absolute atomic E-state index is 13.0. The van der Waals surface area contributed by atoms with Crippen molar-refractivity contribution in [2.75, 3.05) is 17.2 Å². The van der Waals surface area contributed by atoms with Crippen molar-refractivity contribution in [2.45, 2.75) is 69.3 Å². The summed E-state index contributed by atoms with van der Waals surface area (Å²) in [5.41, 5.74) is 0.555. The van der Waals surface area contributed by atoms with Crippen molar-refractivity contribution in [3.63, 3.8) is 0 Å². The number of nitrogens with one attached hydrogen (secondary N) is 2. The first-order chi connectivity index (χ1) is 16.8. The second-order valence-electron chi connectivity index (χ2n) is 10.1. The highest BCUT2D eigenvalue weighted by molar-refractivity contribution is 7.80. The Morgan fingerprint density at radius 1 is 1.26 bits per heavy atom. The number of anilines is 2. The minimum Gasteiger partial charge on any atom is -0.444 e. The molecule has 3 N–H and O–H groups in total. The van der Waals surface area contributed by atoms with Gasteiger partial charge in [-0.2, -0.15) is 17.7 Å². The number of carbonyl (C=O) groups is 1. The zero-order valence-electron chi connectivity index (χ0n) is 20.1. The van der Waals surface area contributed by atoms with Gasteiger partial charge < -0.3 is 20.2 Å². The number of hydrogen-bond acceptors (Lipinski definition) is 8. The molecule has 3 aromatic rings. The van der Waals surface area contributed by atoms with Crippen LogP contribution in [0.2, 0.25) is 0 Å². The largest absolute Gasteiger partial charge is 0.444 e. The molecule has 0 atom stereocenters. The van der Waals surface area contributed by atoms with Crippen LogP contribution in [0.15, 0.2) is 35.2 Å². The molecule has 0 unspecified atom stereocenters. The zero-order valence-corrected chi connectivity index (χ0v) is 21.0. The number of nitrogens with zero attached hydrogens (tertiary/aromatic N) is 4. The summed E-state index contributed by atoms with van der Waals surface area (Å²) >= 11 is 4.58. The number of aromatic nitrogens is 4. The van der Waals surface area contributed by atoms with Crippen molar-refractivity contribution in [2.24, 2.45) is 5.92 Å². The topological polar surface area (TPSA) is 118 Å². The van der Waals surface area contributed by atoms with Crippen LogP contribution in [0.4, 0.5) is 11.5 Å². The minimum absolute atomic E-state index is 0.148. The highest BCUT2D eigenvalue weighted by atomic mass is 32.1. The SMILES string of the molecule is CC(C)(O)c1nn(C2CCC(S)CC2)cc1NC(=O)c1coc(-c2ccnc(NCC3CC3)c2)n1. The Labute approximate surface area is 210 Å². The molecule has 5 rings (SSSR count). The van der Waals surface area contributed by atoms with Gasteiger partial charge in [0.2, 0.25) is 5.89 Å². The van der Waals surface area contributed by atoms with Crippen molar-refractivity contribution < 1.29 is 14.3 Å². The predicted octanol–water partition coefficient (Wildman–Crippen LogP) is 4.65. The highest BCUT2D eigenvalue weighted by Crippen LogP contribution is 2.34. The van der Waals surface area contributed by atoms with Gasteiger partial charge in [-0.3, -0.25) is 9.48 Å². The van der Waals surface area contributed by atoms with Crippen LogP contribution in [0.3, 0.4) is 0 Å². The minimum atomic E-state index is -1.22. The van der Waals surface area contributed by atoms with Gasteiger partial charge in [0, 0.05) is 29.8 Å². The van der Waals surface area contributed by atoms with Gasteiger partial charge in [0.25, 0.3) is 5.91 Å². The van der Waals surface area contributed by atoms with E-state index in [1.165, 1.54) is 19.1 Å². The predicted molar refractivity (Wildman–Crippen MR) is 137 cm³/mol. The molecule has 0 spiro atoms. The van der Waals surface area contributed by atoms with Crippen LogP contribution >= 0.6 is 12.6 Å². The van der Waals surface area contributed by atoms with Crippen molar-refractivity contribution in [3.05, 3.63) is 42.2 Å². The van der Waals surface area contributed by atoms with E-state index in [0.29, 0.717) is 22.5 Å². The fourth-order valence-corrected chi connectivity index (χ4v) is 4.67. The summed E-state index contributed by atoms with van der Waals surface area (Å²) in [6.45, 7) is 4.22. The number of rotatable bonds is 8. The van der Waals surface area contributed by atoms with E-state index in [2.05, 4.69) is 38.3 Å². The van der Waals surface area contributed by atoms with Crippen LogP contribution in [0.25, 0.3) is 11.5 Å². The Hall–Kier alpha value is -2.85. The molecule has 3 aromatic heterocycles. The third-order valence-electron chi connectivity index (χ3n) is 6.61. The summed E-state index contributed by atoms with van der Waals surface area (Å²) in [6.07, 6.45) is 11.3. The Kier molecular flexibility index (Phi) is 6.59. The molecule has 1 amide bonds. The smallest absolute Gasteiger partial charge is 0.277 e. The lowest BCUT2D eigenvalue weighted by molar-refractivity contribution is 0.0732. The van der Waals surface area contributed by atoms with Gasteiger partial charge >= 0.3 is 0 Å². The van der Waals surface area contributed by atoms with E-state index in [-0.39, 0.29) is 11.7 Å². The van der Waals surface area contributed by atoms with E-state index in [1.807, 2.05) is 10.7 Å². The van der Waals surface area contributed by atoms with Crippen molar-refractivity contribution >= 4 is 30.0 Å². The number of hydrogen-bond donors (Lipinski definition) is 4. The first-order valence-corrected chi connectivity index (χ1v) is 12.7. The number of oxazole rings is 1. The van der Waals surface area contributed by atoms with Crippen LogP contribution in [-0.4, -0.2) is 42.6 Å². The zero-order chi connectivity index (χ0) is 24.6. The van der Waals surface area contributed by atoms with Crippen LogP contribution in [0, 0.1) is 5.92 Å². The van der Waals surface area contributed by atoms with Crippen molar-refractivity contribution in [1.29, 1.82) is 0 Å². The van der Waals surface area contributed by atoms with Gasteiger partial charge in [-0.25, -0.2) is 9.97 Å². The maximum Gasteiger partial charge on any atom is 0.277 e. The summed E-state index contributed by atoms with van der Waals surface area (Å²) in [5.74, 6) is 1.40. The molecule has 3 heterocycles. The first kappa shape index (κ1) is 23.9. The van der Waals surface area contributed by atoms with E-state index < -0.39 is 11.5 Å².